The Morgan fingerprint density at radius 3 is 2.41 bits per heavy atom. The maximum atomic E-state index is 10.2. The van der Waals surface area contributed by atoms with Crippen LogP contribution < -0.4 is 0 Å². The fourth-order valence-corrected chi connectivity index (χ4v) is 1.83. The monoisotopic (exact) mass is 233 g/mol. The summed E-state index contributed by atoms with van der Waals surface area (Å²) in [5, 5.41) is 10.2. The minimum atomic E-state index is -0.421. The quantitative estimate of drug-likeness (QED) is 0.764. The number of hydrogen-bond acceptors (Lipinski definition) is 2. The highest BCUT2D eigenvalue weighted by Gasteiger charge is 2.12. The summed E-state index contributed by atoms with van der Waals surface area (Å²) in [6.07, 6.45) is -0.421. The lowest BCUT2D eigenvalue weighted by Gasteiger charge is -2.23. The number of benzene rings is 1. The summed E-state index contributed by atoms with van der Waals surface area (Å²) in [7, 11) is 0. The Balaban J connectivity index is 2.60. The smallest absolute Gasteiger partial charge is 0.0917 e. The first-order valence-corrected chi connectivity index (χ1v) is 6.14. The number of aliphatic hydroxyl groups is 1. The maximum absolute atomic E-state index is 10.2. The molecule has 0 aliphatic heterocycles. The van der Waals surface area contributed by atoms with Crippen LogP contribution in [0.3, 0.4) is 0 Å². The van der Waals surface area contributed by atoms with E-state index < -0.39 is 6.10 Å². The lowest BCUT2D eigenvalue weighted by Crippen LogP contribution is -2.29. The van der Waals surface area contributed by atoms with Crippen molar-refractivity contribution >= 4 is 0 Å². The fraction of sp³-hybridized carbons (Fsp3) is 0.467. The minimum Gasteiger partial charge on any atom is -0.387 e. The highest BCUT2D eigenvalue weighted by molar-refractivity contribution is 5.23. The lowest BCUT2D eigenvalue weighted by molar-refractivity contribution is 0.121. The second-order valence-electron chi connectivity index (χ2n) is 4.71. The molecular formula is C15H23NO. The van der Waals surface area contributed by atoms with Crippen molar-refractivity contribution in [2.75, 3.05) is 19.6 Å². The summed E-state index contributed by atoms with van der Waals surface area (Å²) in [6, 6.07) is 8.06. The molecule has 2 heteroatoms. The van der Waals surface area contributed by atoms with Crippen molar-refractivity contribution in [1.82, 2.24) is 4.90 Å². The first-order chi connectivity index (χ1) is 8.02. The fourth-order valence-electron chi connectivity index (χ4n) is 1.83. The van der Waals surface area contributed by atoms with Gasteiger partial charge in [0.1, 0.15) is 0 Å². The van der Waals surface area contributed by atoms with Crippen molar-refractivity contribution in [3.63, 3.8) is 0 Å². The van der Waals surface area contributed by atoms with Crippen LogP contribution in [-0.2, 0) is 0 Å². The zero-order valence-corrected chi connectivity index (χ0v) is 11.1. The minimum absolute atomic E-state index is 0.421. The second-order valence-corrected chi connectivity index (χ2v) is 4.71. The predicted octanol–water partition coefficient (Wildman–Crippen LogP) is 2.93. The average Bonchev–Trinajstić information content (AvgIpc) is 2.28. The molecule has 0 fully saturated rings. The van der Waals surface area contributed by atoms with E-state index in [0.717, 1.165) is 24.2 Å². The van der Waals surface area contributed by atoms with Gasteiger partial charge in [-0.25, -0.2) is 0 Å². The zero-order valence-electron chi connectivity index (χ0n) is 11.1. The van der Waals surface area contributed by atoms with Crippen LogP contribution in [0.15, 0.2) is 36.4 Å². The van der Waals surface area contributed by atoms with Crippen LogP contribution >= 0.6 is 0 Å². The van der Waals surface area contributed by atoms with Crippen LogP contribution in [0.2, 0.25) is 0 Å². The van der Waals surface area contributed by atoms with E-state index in [0.29, 0.717) is 6.54 Å². The molecule has 0 aliphatic rings. The van der Waals surface area contributed by atoms with E-state index in [9.17, 15) is 5.11 Å². The molecule has 0 aromatic heterocycles. The summed E-state index contributed by atoms with van der Waals surface area (Å²) in [4.78, 5) is 2.20. The van der Waals surface area contributed by atoms with Gasteiger partial charge in [-0.2, -0.15) is 0 Å². The van der Waals surface area contributed by atoms with Crippen LogP contribution in [0.5, 0.6) is 0 Å². The molecule has 0 amide bonds. The van der Waals surface area contributed by atoms with Gasteiger partial charge in [-0.3, -0.25) is 4.90 Å². The van der Waals surface area contributed by atoms with Crippen molar-refractivity contribution in [1.29, 1.82) is 0 Å². The maximum Gasteiger partial charge on any atom is 0.0917 e. The summed E-state index contributed by atoms with van der Waals surface area (Å²) in [6.45, 7) is 12.5. The summed E-state index contributed by atoms with van der Waals surface area (Å²) < 4.78 is 0. The Morgan fingerprint density at radius 1 is 1.35 bits per heavy atom. The number of aryl methyl sites for hydroxylation is 1. The number of aliphatic hydroxyl groups excluding tert-OH is 1. The molecule has 1 atom stereocenters. The van der Waals surface area contributed by atoms with Crippen molar-refractivity contribution in [2.24, 2.45) is 0 Å². The van der Waals surface area contributed by atoms with E-state index in [1.165, 1.54) is 5.56 Å². The van der Waals surface area contributed by atoms with Crippen LogP contribution in [0.4, 0.5) is 0 Å². The first kappa shape index (κ1) is 13.9. The molecule has 0 saturated heterocycles. The molecule has 1 N–H and O–H groups in total. The average molecular weight is 233 g/mol. The van der Waals surface area contributed by atoms with E-state index in [4.69, 9.17) is 0 Å². The third-order valence-electron chi connectivity index (χ3n) is 2.83. The zero-order chi connectivity index (χ0) is 12.8. The van der Waals surface area contributed by atoms with E-state index in [1.54, 1.807) is 0 Å². The molecule has 0 bridgehead atoms. The largest absolute Gasteiger partial charge is 0.387 e. The standard InChI is InChI=1S/C15H23NO/c1-5-16(10-12(2)3)11-15(17)14-8-6-13(4)7-9-14/h6-9,15,17H,2,5,10-11H2,1,3-4H3. The number of nitrogens with zero attached hydrogens (tertiary/aromatic N) is 1. The predicted molar refractivity (Wildman–Crippen MR) is 73.1 cm³/mol. The third-order valence-corrected chi connectivity index (χ3v) is 2.83. The SMILES string of the molecule is C=C(C)CN(CC)CC(O)c1ccc(C)cc1. The highest BCUT2D eigenvalue weighted by Crippen LogP contribution is 2.15. The normalized spacial score (nSPS) is 12.8. The molecule has 0 saturated carbocycles. The van der Waals surface area contributed by atoms with Crippen molar-refractivity contribution < 1.29 is 5.11 Å². The van der Waals surface area contributed by atoms with Gasteiger partial charge in [0.05, 0.1) is 6.10 Å². The molecule has 17 heavy (non-hydrogen) atoms. The molecule has 0 heterocycles. The van der Waals surface area contributed by atoms with Crippen LogP contribution in [-0.4, -0.2) is 29.6 Å². The van der Waals surface area contributed by atoms with E-state index in [2.05, 4.69) is 25.3 Å². The van der Waals surface area contributed by atoms with Gasteiger partial charge >= 0.3 is 0 Å². The van der Waals surface area contributed by atoms with E-state index in [-0.39, 0.29) is 0 Å². The van der Waals surface area contributed by atoms with Gasteiger partial charge in [0.25, 0.3) is 0 Å². The summed E-state index contributed by atoms with van der Waals surface area (Å²) in [5.74, 6) is 0. The van der Waals surface area contributed by atoms with E-state index in [1.807, 2.05) is 31.2 Å². The van der Waals surface area contributed by atoms with Crippen molar-refractivity contribution in [3.8, 4) is 0 Å². The molecule has 94 valence electrons. The molecule has 1 unspecified atom stereocenters. The second kappa shape index (κ2) is 6.58. The molecule has 0 radical (unpaired) electrons. The van der Waals surface area contributed by atoms with Gasteiger partial charge in [-0.1, -0.05) is 48.9 Å². The van der Waals surface area contributed by atoms with Gasteiger partial charge in [0, 0.05) is 13.1 Å². The Hall–Kier alpha value is -1.12. The van der Waals surface area contributed by atoms with Gasteiger partial charge in [-0.05, 0) is 26.0 Å². The lowest BCUT2D eigenvalue weighted by atomic mass is 10.1. The molecular weight excluding hydrogens is 210 g/mol. The molecule has 1 aromatic carbocycles. The highest BCUT2D eigenvalue weighted by atomic mass is 16.3. The van der Waals surface area contributed by atoms with Crippen LogP contribution in [0.1, 0.15) is 31.1 Å². The van der Waals surface area contributed by atoms with Crippen molar-refractivity contribution in [3.05, 3.63) is 47.5 Å². The Bertz CT molecular complexity index is 356. The summed E-state index contributed by atoms with van der Waals surface area (Å²) in [5.41, 5.74) is 3.33. The third kappa shape index (κ3) is 4.72. The van der Waals surface area contributed by atoms with Gasteiger partial charge < -0.3 is 5.11 Å². The van der Waals surface area contributed by atoms with Crippen LogP contribution in [0.25, 0.3) is 0 Å². The van der Waals surface area contributed by atoms with Crippen molar-refractivity contribution in [2.45, 2.75) is 26.9 Å². The molecule has 0 aliphatic carbocycles. The topological polar surface area (TPSA) is 23.5 Å². The number of hydrogen-bond donors (Lipinski definition) is 1. The number of rotatable bonds is 6. The van der Waals surface area contributed by atoms with Crippen LogP contribution in [0, 0.1) is 6.92 Å². The molecule has 0 spiro atoms. The summed E-state index contributed by atoms with van der Waals surface area (Å²) >= 11 is 0. The Morgan fingerprint density at radius 2 is 1.94 bits per heavy atom. The number of likely N-dealkylation sites (N-methyl/N-ethyl adjacent to an activating group) is 1. The first-order valence-electron chi connectivity index (χ1n) is 6.14. The molecule has 2 nitrogen and oxygen atoms in total. The Kier molecular flexibility index (Phi) is 5.39. The van der Waals surface area contributed by atoms with Gasteiger partial charge in [0.15, 0.2) is 0 Å². The molecule has 1 aromatic rings. The Labute approximate surface area is 105 Å². The van der Waals surface area contributed by atoms with Gasteiger partial charge in [0.2, 0.25) is 0 Å². The van der Waals surface area contributed by atoms with E-state index >= 15 is 0 Å². The molecule has 1 rings (SSSR count). The van der Waals surface area contributed by atoms with Gasteiger partial charge in [-0.15, -0.1) is 0 Å².